The number of nitrogens with two attached hydrogens (primary N) is 1. The van der Waals surface area contributed by atoms with Gasteiger partial charge in [-0.15, -0.1) is 0 Å². The summed E-state index contributed by atoms with van der Waals surface area (Å²) in [5, 5.41) is 8.73. The van der Waals surface area contributed by atoms with Crippen LogP contribution in [0.1, 0.15) is 22.3 Å². The molecule has 21 heavy (non-hydrogen) atoms. The van der Waals surface area contributed by atoms with Crippen molar-refractivity contribution in [1.82, 2.24) is 4.90 Å². The minimum Gasteiger partial charge on any atom is -0.495 e. The van der Waals surface area contributed by atoms with Crippen LogP contribution in [0.5, 0.6) is 5.75 Å². The van der Waals surface area contributed by atoms with Crippen molar-refractivity contribution in [2.24, 2.45) is 5.73 Å². The monoisotopic (exact) mass is 290 g/mol. The number of aliphatic hydroxyl groups is 1. The van der Waals surface area contributed by atoms with Gasteiger partial charge in [0.1, 0.15) is 5.75 Å². The Labute approximate surface area is 123 Å². The standard InChI is InChI=1S/C15H18N2O4/c1-17(10-14(16)19)15(20)12-6-7-13(21-2)11(9-12)5-3-4-8-18/h6-7,9,18H,4,8,10H2,1-2H3,(H2,16,19). The molecule has 1 rings (SSSR count). The maximum Gasteiger partial charge on any atom is 0.254 e. The molecule has 3 N–H and O–H groups in total. The van der Waals surface area contributed by atoms with Crippen molar-refractivity contribution >= 4 is 11.8 Å². The number of carbonyl (C=O) groups excluding carboxylic acids is 2. The Kier molecular flexibility index (Phi) is 6.24. The van der Waals surface area contributed by atoms with Crippen LogP contribution in [-0.4, -0.2) is 49.1 Å². The van der Waals surface area contributed by atoms with Crippen LogP contribution in [-0.2, 0) is 4.79 Å². The molecule has 0 radical (unpaired) electrons. The highest BCUT2D eigenvalue weighted by Crippen LogP contribution is 2.19. The quantitative estimate of drug-likeness (QED) is 0.746. The molecule has 0 aromatic heterocycles. The summed E-state index contributed by atoms with van der Waals surface area (Å²) in [4.78, 5) is 24.2. The molecule has 0 spiro atoms. The van der Waals surface area contributed by atoms with Crippen LogP contribution in [0.3, 0.4) is 0 Å². The molecule has 0 aliphatic carbocycles. The van der Waals surface area contributed by atoms with E-state index >= 15 is 0 Å². The highest BCUT2D eigenvalue weighted by atomic mass is 16.5. The molecule has 0 aliphatic heterocycles. The third-order valence-electron chi connectivity index (χ3n) is 2.65. The van der Waals surface area contributed by atoms with Crippen LogP contribution >= 0.6 is 0 Å². The molecule has 0 saturated heterocycles. The summed E-state index contributed by atoms with van der Waals surface area (Å²) >= 11 is 0. The first-order valence-corrected chi connectivity index (χ1v) is 6.31. The van der Waals surface area contributed by atoms with Gasteiger partial charge in [-0.25, -0.2) is 0 Å². The van der Waals surface area contributed by atoms with Crippen LogP contribution in [0, 0.1) is 11.8 Å². The molecule has 0 saturated carbocycles. The second-order valence-electron chi connectivity index (χ2n) is 4.32. The van der Waals surface area contributed by atoms with Gasteiger partial charge < -0.3 is 20.5 Å². The lowest BCUT2D eigenvalue weighted by atomic mass is 10.1. The number of benzene rings is 1. The summed E-state index contributed by atoms with van der Waals surface area (Å²) in [5.74, 6) is 5.24. The Bertz CT molecular complexity index is 587. The maximum absolute atomic E-state index is 12.2. The second kappa shape index (κ2) is 7.92. The fraction of sp³-hybridized carbons (Fsp3) is 0.333. The topological polar surface area (TPSA) is 92.9 Å². The number of amides is 2. The SMILES string of the molecule is COc1ccc(C(=O)N(C)CC(N)=O)cc1C#CCCO. The molecule has 1 aromatic carbocycles. The average molecular weight is 290 g/mol. The van der Waals surface area contributed by atoms with E-state index in [0.29, 0.717) is 23.3 Å². The van der Waals surface area contributed by atoms with Gasteiger partial charge in [-0.1, -0.05) is 11.8 Å². The number of rotatable bonds is 5. The first-order valence-electron chi connectivity index (χ1n) is 6.31. The Hall–Kier alpha value is -2.52. The largest absolute Gasteiger partial charge is 0.495 e. The van der Waals surface area contributed by atoms with Crippen molar-refractivity contribution < 1.29 is 19.4 Å². The first kappa shape index (κ1) is 16.5. The van der Waals surface area contributed by atoms with Crippen molar-refractivity contribution in [2.75, 3.05) is 27.3 Å². The zero-order valence-corrected chi connectivity index (χ0v) is 12.0. The van der Waals surface area contributed by atoms with E-state index in [1.165, 1.54) is 19.1 Å². The normalized spacial score (nSPS) is 9.48. The van der Waals surface area contributed by atoms with Gasteiger partial charge in [0.25, 0.3) is 5.91 Å². The van der Waals surface area contributed by atoms with Crippen LogP contribution in [0.15, 0.2) is 18.2 Å². The van der Waals surface area contributed by atoms with Gasteiger partial charge in [0.05, 0.1) is 25.8 Å². The fourth-order valence-electron chi connectivity index (χ4n) is 1.68. The molecule has 0 unspecified atom stereocenters. The predicted octanol–water partition coefficient (Wildman–Crippen LogP) is -0.0136. The summed E-state index contributed by atoms with van der Waals surface area (Å²) in [6.45, 7) is -0.189. The van der Waals surface area contributed by atoms with E-state index in [9.17, 15) is 9.59 Å². The number of methoxy groups -OCH3 is 1. The van der Waals surface area contributed by atoms with Gasteiger partial charge in [0.2, 0.25) is 5.91 Å². The first-order chi connectivity index (χ1) is 9.99. The van der Waals surface area contributed by atoms with Crippen molar-refractivity contribution in [2.45, 2.75) is 6.42 Å². The molecule has 6 heteroatoms. The number of likely N-dealkylation sites (N-methyl/N-ethyl adjacent to an activating group) is 1. The van der Waals surface area contributed by atoms with Crippen molar-refractivity contribution in [3.8, 4) is 17.6 Å². The molecule has 2 amide bonds. The average Bonchev–Trinajstić information content (AvgIpc) is 2.46. The molecule has 0 aliphatic rings. The Morgan fingerprint density at radius 2 is 2.14 bits per heavy atom. The van der Waals surface area contributed by atoms with Gasteiger partial charge in [-0.2, -0.15) is 0 Å². The number of primary amides is 1. The van der Waals surface area contributed by atoms with Crippen LogP contribution in [0.25, 0.3) is 0 Å². The third-order valence-corrected chi connectivity index (χ3v) is 2.65. The van der Waals surface area contributed by atoms with Crippen LogP contribution < -0.4 is 10.5 Å². The maximum atomic E-state index is 12.2. The Morgan fingerprint density at radius 1 is 1.43 bits per heavy atom. The molecule has 1 aromatic rings. The van der Waals surface area contributed by atoms with Gasteiger partial charge in [-0.3, -0.25) is 9.59 Å². The van der Waals surface area contributed by atoms with Crippen molar-refractivity contribution in [3.63, 3.8) is 0 Å². The minimum absolute atomic E-state index is 0.0325. The third kappa shape index (κ3) is 4.82. The lowest BCUT2D eigenvalue weighted by Gasteiger charge is -2.15. The van der Waals surface area contributed by atoms with E-state index in [0.717, 1.165) is 0 Å². The minimum atomic E-state index is -0.581. The Balaban J connectivity index is 3.05. The number of nitrogens with zero attached hydrogens (tertiary/aromatic N) is 1. The summed E-state index contributed by atoms with van der Waals surface area (Å²) in [6.07, 6.45) is 0.336. The summed E-state index contributed by atoms with van der Waals surface area (Å²) in [7, 11) is 3.00. The lowest BCUT2D eigenvalue weighted by Crippen LogP contribution is -2.35. The van der Waals surface area contributed by atoms with E-state index in [2.05, 4.69) is 11.8 Å². The smallest absolute Gasteiger partial charge is 0.254 e. The van der Waals surface area contributed by atoms with E-state index in [-0.39, 0.29) is 19.1 Å². The second-order valence-corrected chi connectivity index (χ2v) is 4.32. The molecule has 0 fully saturated rings. The number of hydrogen-bond acceptors (Lipinski definition) is 4. The summed E-state index contributed by atoms with van der Waals surface area (Å²) in [6, 6.07) is 4.81. The zero-order chi connectivity index (χ0) is 15.8. The number of carbonyl (C=O) groups is 2. The lowest BCUT2D eigenvalue weighted by molar-refractivity contribution is -0.118. The van der Waals surface area contributed by atoms with E-state index in [4.69, 9.17) is 15.6 Å². The predicted molar refractivity (Wildman–Crippen MR) is 77.7 cm³/mol. The van der Waals surface area contributed by atoms with E-state index < -0.39 is 5.91 Å². The summed E-state index contributed by atoms with van der Waals surface area (Å²) < 4.78 is 5.17. The van der Waals surface area contributed by atoms with Gasteiger partial charge in [0.15, 0.2) is 0 Å². The van der Waals surface area contributed by atoms with Crippen molar-refractivity contribution in [3.05, 3.63) is 29.3 Å². The molecule has 112 valence electrons. The molecular weight excluding hydrogens is 272 g/mol. The summed E-state index contributed by atoms with van der Waals surface area (Å²) in [5.41, 5.74) is 5.99. The number of ether oxygens (including phenoxy) is 1. The van der Waals surface area contributed by atoms with Gasteiger partial charge in [-0.05, 0) is 18.2 Å². The van der Waals surface area contributed by atoms with Crippen LogP contribution in [0.4, 0.5) is 0 Å². The van der Waals surface area contributed by atoms with Gasteiger partial charge in [0, 0.05) is 19.0 Å². The molecule has 0 atom stereocenters. The number of aliphatic hydroxyl groups excluding tert-OH is 1. The number of hydrogen-bond donors (Lipinski definition) is 2. The highest BCUT2D eigenvalue weighted by Gasteiger charge is 2.15. The van der Waals surface area contributed by atoms with E-state index in [1.807, 2.05) is 0 Å². The molecule has 6 nitrogen and oxygen atoms in total. The van der Waals surface area contributed by atoms with Gasteiger partial charge >= 0.3 is 0 Å². The fourth-order valence-corrected chi connectivity index (χ4v) is 1.68. The Morgan fingerprint density at radius 3 is 2.71 bits per heavy atom. The van der Waals surface area contributed by atoms with Crippen LogP contribution in [0.2, 0.25) is 0 Å². The molecular formula is C15H18N2O4. The molecule has 0 bridgehead atoms. The zero-order valence-electron chi connectivity index (χ0n) is 12.0. The van der Waals surface area contributed by atoms with E-state index in [1.54, 1.807) is 18.2 Å². The van der Waals surface area contributed by atoms with Crippen molar-refractivity contribution in [1.29, 1.82) is 0 Å². The molecule has 0 heterocycles. The highest BCUT2D eigenvalue weighted by molar-refractivity contribution is 5.96.